The third kappa shape index (κ3) is 4.92. The van der Waals surface area contributed by atoms with Gasteiger partial charge in [0.1, 0.15) is 18.2 Å². The highest BCUT2D eigenvalue weighted by atomic mass is 19.4. The van der Waals surface area contributed by atoms with Crippen molar-refractivity contribution in [3.63, 3.8) is 0 Å². The molecule has 3 aromatic rings. The molecule has 0 bridgehead atoms. The Morgan fingerprint density at radius 2 is 1.82 bits per heavy atom. The summed E-state index contributed by atoms with van der Waals surface area (Å²) in [4.78, 5) is 16.6. The van der Waals surface area contributed by atoms with Crippen molar-refractivity contribution in [1.82, 2.24) is 4.98 Å². The van der Waals surface area contributed by atoms with Crippen molar-refractivity contribution in [1.29, 1.82) is 0 Å². The normalized spacial score (nSPS) is 17.1. The van der Waals surface area contributed by atoms with Crippen molar-refractivity contribution in [2.75, 3.05) is 13.7 Å². The van der Waals surface area contributed by atoms with Crippen LogP contribution in [-0.4, -0.2) is 36.3 Å². The predicted octanol–water partition coefficient (Wildman–Crippen LogP) is 4.20. The highest BCUT2D eigenvalue weighted by molar-refractivity contribution is 5.76. The fraction of sp³-hybridized carbons (Fsp3) is 0.174. The molecular weight excluding hydrogens is 458 g/mol. The van der Waals surface area contributed by atoms with Crippen LogP contribution in [0.4, 0.5) is 17.6 Å². The monoisotopic (exact) mass is 477 g/mol. The van der Waals surface area contributed by atoms with Crippen LogP contribution in [0.5, 0.6) is 5.75 Å². The number of benzene rings is 2. The first-order valence-electron chi connectivity index (χ1n) is 9.67. The number of amidine groups is 1. The molecule has 178 valence electrons. The number of nitrogens with zero attached hydrogens (tertiary/aromatic N) is 2. The molecule has 4 rings (SSSR count). The maximum atomic E-state index is 13.6. The summed E-state index contributed by atoms with van der Waals surface area (Å²) in [6.45, 7) is -0.340. The molecule has 0 radical (unpaired) electrons. The lowest BCUT2D eigenvalue weighted by atomic mass is 9.82. The number of ether oxygens (including phenoxy) is 2. The number of halogens is 4. The molecule has 3 N–H and O–H groups in total. The molecule has 0 saturated carbocycles. The van der Waals surface area contributed by atoms with Crippen LogP contribution in [0.15, 0.2) is 65.9 Å². The number of alkyl halides is 3. The van der Waals surface area contributed by atoms with E-state index in [1.165, 1.54) is 31.5 Å². The second kappa shape index (κ2) is 9.77. The Morgan fingerprint density at radius 3 is 2.41 bits per heavy atom. The average Bonchev–Trinajstić information content (AvgIpc) is 3.21. The van der Waals surface area contributed by atoms with Gasteiger partial charge in [0.15, 0.2) is 5.54 Å². The lowest BCUT2D eigenvalue weighted by Crippen LogP contribution is -2.28. The fourth-order valence-corrected chi connectivity index (χ4v) is 3.61. The molecule has 1 aromatic heterocycles. The van der Waals surface area contributed by atoms with Crippen molar-refractivity contribution < 1.29 is 36.9 Å². The van der Waals surface area contributed by atoms with E-state index in [-0.39, 0.29) is 30.4 Å². The van der Waals surface area contributed by atoms with Gasteiger partial charge in [0.05, 0.1) is 18.9 Å². The van der Waals surface area contributed by atoms with E-state index >= 15 is 0 Å². The quantitative estimate of drug-likeness (QED) is 0.431. The van der Waals surface area contributed by atoms with E-state index in [9.17, 15) is 17.6 Å². The molecule has 11 heteroatoms. The summed E-state index contributed by atoms with van der Waals surface area (Å²) < 4.78 is 64.7. The lowest BCUT2D eigenvalue weighted by Gasteiger charge is -2.27. The van der Waals surface area contributed by atoms with E-state index in [1.807, 2.05) is 0 Å². The maximum Gasteiger partial charge on any atom is 0.419 e. The highest BCUT2D eigenvalue weighted by Gasteiger charge is 2.43. The van der Waals surface area contributed by atoms with Crippen LogP contribution in [0, 0.1) is 5.82 Å². The number of aromatic nitrogens is 1. The summed E-state index contributed by atoms with van der Waals surface area (Å²) in [5.41, 5.74) is 5.41. The van der Waals surface area contributed by atoms with Crippen molar-refractivity contribution in [3.8, 4) is 16.9 Å². The van der Waals surface area contributed by atoms with Crippen LogP contribution in [0.2, 0.25) is 0 Å². The van der Waals surface area contributed by atoms with E-state index in [2.05, 4.69) is 9.98 Å². The molecule has 34 heavy (non-hydrogen) atoms. The van der Waals surface area contributed by atoms with Crippen molar-refractivity contribution in [2.24, 2.45) is 10.7 Å². The van der Waals surface area contributed by atoms with Crippen LogP contribution in [0.3, 0.4) is 0 Å². The number of hydrogen-bond acceptors (Lipinski definition) is 6. The van der Waals surface area contributed by atoms with Crippen molar-refractivity contribution in [2.45, 2.75) is 11.7 Å². The van der Waals surface area contributed by atoms with Crippen molar-refractivity contribution >= 4 is 12.5 Å². The van der Waals surface area contributed by atoms with Gasteiger partial charge >= 0.3 is 6.18 Å². The lowest BCUT2D eigenvalue weighted by molar-refractivity contribution is -0.138. The van der Waals surface area contributed by atoms with Crippen molar-refractivity contribution in [3.05, 3.63) is 83.4 Å². The summed E-state index contributed by atoms with van der Waals surface area (Å²) in [6, 6.07) is 11.8. The summed E-state index contributed by atoms with van der Waals surface area (Å²) in [6.07, 6.45) is -2.06. The second-order valence-electron chi connectivity index (χ2n) is 7.09. The minimum atomic E-state index is -4.63. The van der Waals surface area contributed by atoms with E-state index < -0.39 is 23.1 Å². The van der Waals surface area contributed by atoms with Gasteiger partial charge < -0.3 is 20.3 Å². The smallest absolute Gasteiger partial charge is 0.419 e. The number of rotatable bonds is 4. The zero-order valence-corrected chi connectivity index (χ0v) is 17.7. The summed E-state index contributed by atoms with van der Waals surface area (Å²) in [5.74, 6) is -0.809. The standard InChI is InChI=1S/C22H17F4N3O2.CH2O2/c1-30-19-6-5-16(9-18(19)22(24,25)26)21(12-31-20(27)29-21)15-4-2-3-13(7-15)14-8-17(23)11-28-10-14;2-1-3/h2-11H,12H2,1H3,(H2,27,29);1H,(H,2,3). The largest absolute Gasteiger partial charge is 0.496 e. The van der Waals surface area contributed by atoms with Gasteiger partial charge in [0, 0.05) is 11.8 Å². The highest BCUT2D eigenvalue weighted by Crippen LogP contribution is 2.43. The van der Waals surface area contributed by atoms with Crippen LogP contribution in [0.1, 0.15) is 16.7 Å². The Kier molecular flexibility index (Phi) is 7.04. The molecule has 1 atom stereocenters. The molecule has 7 nitrogen and oxygen atoms in total. The summed E-state index contributed by atoms with van der Waals surface area (Å²) in [5, 5.41) is 6.89. The minimum Gasteiger partial charge on any atom is -0.496 e. The Balaban J connectivity index is 0.00000103. The van der Waals surface area contributed by atoms with Crippen LogP contribution < -0.4 is 10.5 Å². The zero-order chi connectivity index (χ0) is 24.9. The van der Waals surface area contributed by atoms with Crippen LogP contribution in [0.25, 0.3) is 11.1 Å². The Hall–Kier alpha value is -4.15. The summed E-state index contributed by atoms with van der Waals surface area (Å²) >= 11 is 0. The Labute approximate surface area is 191 Å². The Morgan fingerprint density at radius 1 is 1.12 bits per heavy atom. The molecule has 1 aliphatic heterocycles. The fourth-order valence-electron chi connectivity index (χ4n) is 3.61. The third-order valence-electron chi connectivity index (χ3n) is 5.09. The molecule has 0 amide bonds. The summed E-state index contributed by atoms with van der Waals surface area (Å²) in [7, 11) is 1.17. The molecule has 2 aromatic carbocycles. The second-order valence-corrected chi connectivity index (χ2v) is 7.09. The maximum absolute atomic E-state index is 13.6. The topological polar surface area (TPSA) is 107 Å². The van der Waals surface area contributed by atoms with Gasteiger partial charge in [-0.3, -0.25) is 9.78 Å². The van der Waals surface area contributed by atoms with E-state index in [0.717, 1.165) is 12.3 Å². The van der Waals surface area contributed by atoms with Gasteiger partial charge in [0.2, 0.25) is 0 Å². The Bertz CT molecular complexity index is 1220. The molecular formula is C23H19F4N3O4. The molecule has 2 heterocycles. The van der Waals surface area contributed by atoms with E-state index in [4.69, 9.17) is 25.1 Å². The molecule has 1 aliphatic rings. The molecule has 0 saturated heterocycles. The van der Waals surface area contributed by atoms with Gasteiger partial charge in [-0.05, 0) is 41.0 Å². The van der Waals surface area contributed by atoms with Crippen LogP contribution in [-0.2, 0) is 21.2 Å². The van der Waals surface area contributed by atoms with Gasteiger partial charge in [-0.1, -0.05) is 24.3 Å². The first kappa shape index (κ1) is 24.5. The van der Waals surface area contributed by atoms with Crippen LogP contribution >= 0.6 is 0 Å². The zero-order valence-electron chi connectivity index (χ0n) is 17.7. The molecule has 0 spiro atoms. The van der Waals surface area contributed by atoms with Gasteiger partial charge in [-0.25, -0.2) is 9.38 Å². The molecule has 1 unspecified atom stereocenters. The van der Waals surface area contributed by atoms with Gasteiger partial charge in [-0.15, -0.1) is 0 Å². The minimum absolute atomic E-state index is 0.0900. The number of hydrogen-bond donors (Lipinski definition) is 2. The first-order chi connectivity index (χ1) is 16.1. The third-order valence-corrected chi connectivity index (χ3v) is 5.09. The SMILES string of the molecule is COc1ccc(C2(c3cccc(-c4cncc(F)c4)c3)COC(N)=N2)cc1C(F)(F)F.O=CO. The first-order valence-corrected chi connectivity index (χ1v) is 9.67. The van der Waals surface area contributed by atoms with Gasteiger partial charge in [-0.2, -0.15) is 13.2 Å². The number of nitrogens with two attached hydrogens (primary N) is 1. The van der Waals surface area contributed by atoms with E-state index in [0.29, 0.717) is 16.7 Å². The number of carbonyl (C=O) groups is 1. The number of carboxylic acid groups (broad SMARTS) is 1. The number of aliphatic imine (C=N–C) groups is 1. The van der Waals surface area contributed by atoms with E-state index in [1.54, 1.807) is 24.3 Å². The average molecular weight is 477 g/mol. The predicted molar refractivity (Wildman–Crippen MR) is 115 cm³/mol. The number of methoxy groups -OCH3 is 1. The molecule has 0 aliphatic carbocycles. The number of pyridine rings is 1. The molecule has 0 fully saturated rings. The van der Waals surface area contributed by atoms with Gasteiger partial charge in [0.25, 0.3) is 12.5 Å².